The smallest absolute Gasteiger partial charge is 0.279 e. The van der Waals surface area contributed by atoms with Crippen molar-refractivity contribution in [3.63, 3.8) is 0 Å². The first-order valence-corrected chi connectivity index (χ1v) is 5.69. The van der Waals surface area contributed by atoms with Crippen LogP contribution in [0.25, 0.3) is 0 Å². The summed E-state index contributed by atoms with van der Waals surface area (Å²) in [6.45, 7) is -0.292. The summed E-state index contributed by atoms with van der Waals surface area (Å²) >= 11 is 0. The molecule has 1 unspecified atom stereocenters. The van der Waals surface area contributed by atoms with Crippen LogP contribution in [0.3, 0.4) is 0 Å². The molecule has 1 aliphatic rings. The second-order valence-corrected chi connectivity index (χ2v) is 5.06. The molecule has 1 rings (SSSR count). The average molecular weight is 234 g/mol. The van der Waals surface area contributed by atoms with Crippen LogP contribution in [0.15, 0.2) is 23.6 Å². The molecule has 0 fully saturated rings. The molecule has 0 spiro atoms. The molecule has 7 heteroatoms. The van der Waals surface area contributed by atoms with Gasteiger partial charge in [-0.3, -0.25) is 4.55 Å². The largest absolute Gasteiger partial charge is 0.499 e. The maximum atomic E-state index is 11.3. The lowest BCUT2D eigenvalue weighted by Gasteiger charge is -2.32. The van der Waals surface area contributed by atoms with Gasteiger partial charge in [0.2, 0.25) is 0 Å². The second kappa shape index (κ2) is 3.84. The van der Waals surface area contributed by atoms with Crippen molar-refractivity contribution in [2.75, 3.05) is 13.7 Å². The fourth-order valence-electron chi connectivity index (χ4n) is 1.56. The molecule has 0 amide bonds. The Morgan fingerprint density at radius 1 is 1.60 bits per heavy atom. The summed E-state index contributed by atoms with van der Waals surface area (Å²) in [7, 11) is -3.05. The van der Waals surface area contributed by atoms with Gasteiger partial charge < -0.3 is 16.2 Å². The highest BCUT2D eigenvalue weighted by molar-refractivity contribution is 7.87. The van der Waals surface area contributed by atoms with E-state index in [0.717, 1.165) is 0 Å². The predicted molar refractivity (Wildman–Crippen MR) is 55.3 cm³/mol. The van der Waals surface area contributed by atoms with Gasteiger partial charge in [0.25, 0.3) is 10.1 Å². The van der Waals surface area contributed by atoms with E-state index in [1.165, 1.54) is 19.3 Å². The van der Waals surface area contributed by atoms with Crippen LogP contribution in [-0.4, -0.2) is 31.4 Å². The molecule has 6 nitrogen and oxygen atoms in total. The molecule has 15 heavy (non-hydrogen) atoms. The van der Waals surface area contributed by atoms with E-state index in [4.69, 9.17) is 16.2 Å². The van der Waals surface area contributed by atoms with Crippen LogP contribution >= 0.6 is 0 Å². The van der Waals surface area contributed by atoms with Gasteiger partial charge in [-0.25, -0.2) is 0 Å². The van der Waals surface area contributed by atoms with Gasteiger partial charge in [-0.05, 0) is 12.2 Å². The molecular formula is C8H14N2O4S. The standard InChI is InChI=1S/C8H14N2O4S/c1-14-7-3-2-6(10)4-8(7,5-9)15(11,12)13/h2-3H,4-5,9-10H2,1H3,(H,11,12,13). The summed E-state index contributed by atoms with van der Waals surface area (Å²) < 4.78 is 35.1. The molecule has 1 aliphatic carbocycles. The highest BCUT2D eigenvalue weighted by Gasteiger charge is 2.48. The van der Waals surface area contributed by atoms with Gasteiger partial charge in [0.05, 0.1) is 7.11 Å². The van der Waals surface area contributed by atoms with Crippen LogP contribution in [0.5, 0.6) is 0 Å². The van der Waals surface area contributed by atoms with Gasteiger partial charge in [0.15, 0.2) is 4.75 Å². The number of hydrogen-bond acceptors (Lipinski definition) is 5. The highest BCUT2D eigenvalue weighted by atomic mass is 32.2. The monoisotopic (exact) mass is 234 g/mol. The van der Waals surface area contributed by atoms with Crippen molar-refractivity contribution in [1.29, 1.82) is 0 Å². The Morgan fingerprint density at radius 3 is 2.60 bits per heavy atom. The third-order valence-electron chi connectivity index (χ3n) is 2.43. The maximum Gasteiger partial charge on any atom is 0.279 e. The maximum absolute atomic E-state index is 11.3. The Labute approximate surface area is 88.3 Å². The van der Waals surface area contributed by atoms with Crippen molar-refractivity contribution >= 4 is 10.1 Å². The Kier molecular flexibility index (Phi) is 3.08. The van der Waals surface area contributed by atoms with Crippen molar-refractivity contribution in [3.05, 3.63) is 23.6 Å². The summed E-state index contributed by atoms with van der Waals surface area (Å²) in [5.41, 5.74) is 11.3. The van der Waals surface area contributed by atoms with Crippen molar-refractivity contribution in [1.82, 2.24) is 0 Å². The molecule has 0 aromatic rings. The predicted octanol–water partition coefficient (Wildman–Crippen LogP) is -0.652. The van der Waals surface area contributed by atoms with E-state index < -0.39 is 14.9 Å². The van der Waals surface area contributed by atoms with Crippen LogP contribution in [0, 0.1) is 0 Å². The molecule has 1 atom stereocenters. The lowest BCUT2D eigenvalue weighted by atomic mass is 9.95. The number of hydrogen-bond donors (Lipinski definition) is 3. The number of ether oxygens (including phenoxy) is 1. The van der Waals surface area contributed by atoms with E-state index in [1.807, 2.05) is 0 Å². The highest BCUT2D eigenvalue weighted by Crippen LogP contribution is 2.34. The first-order valence-electron chi connectivity index (χ1n) is 4.25. The fourth-order valence-corrected chi connectivity index (χ4v) is 2.53. The molecule has 0 aliphatic heterocycles. The average Bonchev–Trinajstić information content (AvgIpc) is 2.15. The molecule has 0 aromatic carbocycles. The summed E-state index contributed by atoms with van der Waals surface area (Å²) in [6, 6.07) is 0. The van der Waals surface area contributed by atoms with Crippen LogP contribution in [-0.2, 0) is 14.9 Å². The zero-order valence-corrected chi connectivity index (χ0v) is 9.12. The van der Waals surface area contributed by atoms with Crippen LogP contribution in [0.4, 0.5) is 0 Å². The molecule has 5 N–H and O–H groups in total. The van der Waals surface area contributed by atoms with E-state index in [1.54, 1.807) is 0 Å². The number of nitrogens with two attached hydrogens (primary N) is 2. The number of rotatable bonds is 3. The van der Waals surface area contributed by atoms with E-state index in [-0.39, 0.29) is 18.7 Å². The van der Waals surface area contributed by atoms with Crippen LogP contribution < -0.4 is 11.5 Å². The molecule has 0 saturated heterocycles. The fraction of sp³-hybridized carbons (Fsp3) is 0.500. The Hall–Kier alpha value is -1.05. The van der Waals surface area contributed by atoms with Gasteiger partial charge in [0.1, 0.15) is 5.76 Å². The van der Waals surface area contributed by atoms with Gasteiger partial charge in [-0.15, -0.1) is 0 Å². The minimum absolute atomic E-state index is 0.0675. The second-order valence-electron chi connectivity index (χ2n) is 3.33. The zero-order chi connectivity index (χ0) is 11.7. The third-order valence-corrected chi connectivity index (χ3v) is 3.93. The zero-order valence-electron chi connectivity index (χ0n) is 8.30. The van der Waals surface area contributed by atoms with E-state index in [2.05, 4.69) is 0 Å². The van der Waals surface area contributed by atoms with Crippen molar-refractivity contribution in [2.45, 2.75) is 11.2 Å². The molecule has 86 valence electrons. The Morgan fingerprint density at radius 2 is 2.20 bits per heavy atom. The third kappa shape index (κ3) is 1.85. The minimum atomic E-state index is -4.37. The first kappa shape index (κ1) is 12.0. The lowest BCUT2D eigenvalue weighted by molar-refractivity contribution is 0.241. The van der Waals surface area contributed by atoms with Crippen molar-refractivity contribution in [3.8, 4) is 0 Å². The van der Waals surface area contributed by atoms with Gasteiger partial charge >= 0.3 is 0 Å². The first-order chi connectivity index (χ1) is 6.87. The van der Waals surface area contributed by atoms with Gasteiger partial charge in [0, 0.05) is 18.7 Å². The lowest BCUT2D eigenvalue weighted by Crippen LogP contribution is -2.49. The van der Waals surface area contributed by atoms with E-state index in [0.29, 0.717) is 5.70 Å². The molecule has 0 heterocycles. The summed E-state index contributed by atoms with van der Waals surface area (Å²) in [6.07, 6.45) is 2.86. The quantitative estimate of drug-likeness (QED) is 0.559. The normalized spacial score (nSPS) is 26.9. The van der Waals surface area contributed by atoms with Gasteiger partial charge in [-0.1, -0.05) is 0 Å². The van der Waals surface area contributed by atoms with E-state index >= 15 is 0 Å². The summed E-state index contributed by atoms with van der Waals surface area (Å²) in [4.78, 5) is 0. The van der Waals surface area contributed by atoms with Gasteiger partial charge in [-0.2, -0.15) is 8.42 Å². The Bertz CT molecular complexity index is 412. The summed E-state index contributed by atoms with van der Waals surface area (Å²) in [5.74, 6) is 0.0988. The molecule has 0 radical (unpaired) electrons. The van der Waals surface area contributed by atoms with E-state index in [9.17, 15) is 13.0 Å². The molecular weight excluding hydrogens is 220 g/mol. The molecule has 0 bridgehead atoms. The topological polar surface area (TPSA) is 116 Å². The molecule has 0 saturated carbocycles. The van der Waals surface area contributed by atoms with Crippen LogP contribution in [0.1, 0.15) is 6.42 Å². The minimum Gasteiger partial charge on any atom is -0.499 e. The van der Waals surface area contributed by atoms with Crippen molar-refractivity contribution < 1.29 is 17.7 Å². The number of allylic oxidation sites excluding steroid dienone is 3. The Balaban J connectivity index is 3.33. The summed E-state index contributed by atoms with van der Waals surface area (Å²) in [5, 5.41) is 0. The SMILES string of the molecule is COC1=CC=C(N)CC1(CN)S(=O)(=O)O. The number of methoxy groups -OCH3 is 1. The van der Waals surface area contributed by atoms with Crippen molar-refractivity contribution in [2.24, 2.45) is 11.5 Å². The van der Waals surface area contributed by atoms with Crippen LogP contribution in [0.2, 0.25) is 0 Å². The molecule has 0 aromatic heterocycles.